The van der Waals surface area contributed by atoms with Crippen LogP contribution in [0.25, 0.3) is 0 Å². The molecule has 0 saturated heterocycles. The fourth-order valence-electron chi connectivity index (χ4n) is 4.26. The molecule has 2 aliphatic rings. The van der Waals surface area contributed by atoms with Crippen molar-refractivity contribution in [1.82, 2.24) is 0 Å². The summed E-state index contributed by atoms with van der Waals surface area (Å²) >= 11 is 0. The molecule has 2 amide bonds. The summed E-state index contributed by atoms with van der Waals surface area (Å²) in [4.78, 5) is 28.6. The fraction of sp³-hybridized carbons (Fsp3) is 0.417. The van der Waals surface area contributed by atoms with Crippen LogP contribution in [0.15, 0.2) is 48.5 Å². The lowest BCUT2D eigenvalue weighted by Gasteiger charge is -2.28. The van der Waals surface area contributed by atoms with Gasteiger partial charge in [0.15, 0.2) is 0 Å². The Hall–Kier alpha value is -2.62. The van der Waals surface area contributed by atoms with E-state index >= 15 is 0 Å². The number of nitrogens with one attached hydrogen (secondary N) is 1. The Bertz CT molecular complexity index is 938. The van der Waals surface area contributed by atoms with Gasteiger partial charge in [-0.15, -0.1) is 0 Å². The molecule has 1 unspecified atom stereocenters. The summed E-state index contributed by atoms with van der Waals surface area (Å²) in [6.07, 6.45) is 2.06. The van der Waals surface area contributed by atoms with Crippen LogP contribution in [0, 0.1) is 5.41 Å². The average molecular weight is 377 g/mol. The zero-order valence-corrected chi connectivity index (χ0v) is 17.1. The molecule has 1 fully saturated rings. The second-order valence-corrected chi connectivity index (χ2v) is 9.19. The molecular weight excluding hydrogens is 348 g/mol. The van der Waals surface area contributed by atoms with E-state index in [1.165, 1.54) is 5.56 Å². The van der Waals surface area contributed by atoms with E-state index in [9.17, 15) is 9.59 Å². The normalized spacial score (nSPS) is 19.9. The van der Waals surface area contributed by atoms with E-state index in [0.29, 0.717) is 12.8 Å². The van der Waals surface area contributed by atoms with Gasteiger partial charge in [-0.2, -0.15) is 0 Å². The molecule has 0 radical (unpaired) electrons. The Balaban J connectivity index is 1.60. The third kappa shape index (κ3) is 3.01. The largest absolute Gasteiger partial charge is 0.325 e. The van der Waals surface area contributed by atoms with Crippen molar-refractivity contribution in [3.63, 3.8) is 0 Å². The van der Waals surface area contributed by atoms with Gasteiger partial charge in [0.25, 0.3) is 0 Å². The monoisotopic (exact) mass is 376 g/mol. The van der Waals surface area contributed by atoms with Crippen molar-refractivity contribution in [2.75, 3.05) is 10.2 Å². The van der Waals surface area contributed by atoms with E-state index in [-0.39, 0.29) is 23.3 Å². The van der Waals surface area contributed by atoms with Crippen LogP contribution in [0.3, 0.4) is 0 Å². The second kappa shape index (κ2) is 6.47. The summed E-state index contributed by atoms with van der Waals surface area (Å²) in [7, 11) is 0. The molecule has 2 aromatic rings. The summed E-state index contributed by atoms with van der Waals surface area (Å²) in [5, 5.41) is 3.08. The van der Waals surface area contributed by atoms with E-state index in [0.717, 1.165) is 23.4 Å². The number of benzene rings is 2. The lowest BCUT2D eigenvalue weighted by atomic mass is 9.85. The van der Waals surface area contributed by atoms with E-state index < -0.39 is 5.41 Å². The summed E-state index contributed by atoms with van der Waals surface area (Å²) < 4.78 is 0. The number of rotatable bonds is 3. The molecule has 1 saturated carbocycles. The third-order valence-corrected chi connectivity index (χ3v) is 6.00. The number of carbonyl (C=O) groups excluding carboxylic acids is 2. The fourth-order valence-corrected chi connectivity index (χ4v) is 4.26. The molecule has 28 heavy (non-hydrogen) atoms. The van der Waals surface area contributed by atoms with E-state index in [2.05, 4.69) is 39.1 Å². The Kier molecular flexibility index (Phi) is 4.33. The molecule has 146 valence electrons. The van der Waals surface area contributed by atoms with Crippen molar-refractivity contribution in [2.45, 2.75) is 58.4 Å². The minimum atomic E-state index is -0.934. The highest BCUT2D eigenvalue weighted by molar-refractivity contribution is 6.18. The molecule has 0 spiro atoms. The highest BCUT2D eigenvalue weighted by atomic mass is 16.2. The lowest BCUT2D eigenvalue weighted by Crippen LogP contribution is -2.45. The molecule has 1 aliphatic carbocycles. The van der Waals surface area contributed by atoms with Gasteiger partial charge in [-0.25, -0.2) is 0 Å². The van der Waals surface area contributed by atoms with Gasteiger partial charge in [-0.3, -0.25) is 9.59 Å². The Morgan fingerprint density at radius 1 is 1.04 bits per heavy atom. The van der Waals surface area contributed by atoms with Crippen molar-refractivity contribution in [3.8, 4) is 0 Å². The number of amides is 2. The molecule has 2 aromatic carbocycles. The Labute approximate surface area is 166 Å². The van der Waals surface area contributed by atoms with Gasteiger partial charge in [0.1, 0.15) is 5.41 Å². The standard InChI is InChI=1S/C24H28N2O2/c1-16-15-17-9-5-8-12-20(17)26(16)22(28)24(13-14-24)21(27)25-19-11-7-6-10-18(19)23(2,3)4/h5-12,16H,13-15H2,1-4H3,(H,25,27). The highest BCUT2D eigenvalue weighted by Crippen LogP contribution is 2.50. The van der Waals surface area contributed by atoms with Gasteiger partial charge >= 0.3 is 0 Å². The Morgan fingerprint density at radius 2 is 1.68 bits per heavy atom. The first-order valence-electron chi connectivity index (χ1n) is 10.1. The molecular formula is C24H28N2O2. The van der Waals surface area contributed by atoms with Gasteiger partial charge in [-0.05, 0) is 54.9 Å². The molecule has 4 rings (SSSR count). The number of nitrogens with zero attached hydrogens (tertiary/aromatic N) is 1. The number of hydrogen-bond acceptors (Lipinski definition) is 2. The van der Waals surface area contributed by atoms with Gasteiger partial charge in [0.05, 0.1) is 0 Å². The van der Waals surface area contributed by atoms with Crippen molar-refractivity contribution in [2.24, 2.45) is 5.41 Å². The first-order chi connectivity index (χ1) is 13.2. The number of hydrogen-bond donors (Lipinski definition) is 1. The maximum absolute atomic E-state index is 13.5. The summed E-state index contributed by atoms with van der Waals surface area (Å²) in [6.45, 7) is 8.43. The number of anilines is 2. The lowest BCUT2D eigenvalue weighted by molar-refractivity contribution is -0.132. The van der Waals surface area contributed by atoms with Gasteiger partial charge in [0, 0.05) is 17.4 Å². The molecule has 4 nitrogen and oxygen atoms in total. The quantitative estimate of drug-likeness (QED) is 0.791. The predicted octanol–water partition coefficient (Wildman–Crippen LogP) is 4.68. The van der Waals surface area contributed by atoms with Crippen molar-refractivity contribution >= 4 is 23.2 Å². The average Bonchev–Trinajstić information content (AvgIpc) is 3.38. The van der Waals surface area contributed by atoms with Gasteiger partial charge < -0.3 is 10.2 Å². The van der Waals surface area contributed by atoms with Crippen LogP contribution in [-0.4, -0.2) is 17.9 Å². The number of carbonyl (C=O) groups is 2. The van der Waals surface area contributed by atoms with Crippen LogP contribution in [0.5, 0.6) is 0 Å². The van der Waals surface area contributed by atoms with Crippen molar-refractivity contribution in [1.29, 1.82) is 0 Å². The minimum absolute atomic E-state index is 0.0595. The maximum Gasteiger partial charge on any atom is 0.242 e. The van der Waals surface area contributed by atoms with Gasteiger partial charge in [0.2, 0.25) is 11.8 Å². The van der Waals surface area contributed by atoms with Crippen LogP contribution in [0.4, 0.5) is 11.4 Å². The highest BCUT2D eigenvalue weighted by Gasteiger charge is 2.59. The van der Waals surface area contributed by atoms with E-state index in [1.54, 1.807) is 0 Å². The minimum Gasteiger partial charge on any atom is -0.325 e. The Morgan fingerprint density at radius 3 is 2.36 bits per heavy atom. The molecule has 1 heterocycles. The van der Waals surface area contributed by atoms with Gasteiger partial charge in [-0.1, -0.05) is 57.2 Å². The zero-order valence-electron chi connectivity index (χ0n) is 17.1. The molecule has 0 bridgehead atoms. The van der Waals surface area contributed by atoms with Crippen molar-refractivity contribution < 1.29 is 9.59 Å². The van der Waals surface area contributed by atoms with Crippen LogP contribution >= 0.6 is 0 Å². The molecule has 1 atom stereocenters. The predicted molar refractivity (Wildman–Crippen MR) is 113 cm³/mol. The molecule has 4 heteroatoms. The topological polar surface area (TPSA) is 49.4 Å². The first kappa shape index (κ1) is 18.7. The summed E-state index contributed by atoms with van der Waals surface area (Å²) in [5.41, 5.74) is 2.98. The number of para-hydroxylation sites is 2. The zero-order chi connectivity index (χ0) is 20.1. The first-order valence-corrected chi connectivity index (χ1v) is 10.1. The summed E-state index contributed by atoms with van der Waals surface area (Å²) in [6, 6.07) is 16.0. The number of fused-ring (bicyclic) bond motifs is 1. The molecule has 1 N–H and O–H groups in total. The van der Waals surface area contributed by atoms with E-state index in [1.807, 2.05) is 47.4 Å². The summed E-state index contributed by atoms with van der Waals surface area (Å²) in [5.74, 6) is -0.235. The second-order valence-electron chi connectivity index (χ2n) is 9.19. The van der Waals surface area contributed by atoms with Crippen LogP contribution in [0.2, 0.25) is 0 Å². The van der Waals surface area contributed by atoms with Crippen LogP contribution < -0.4 is 10.2 Å². The van der Waals surface area contributed by atoms with Crippen LogP contribution in [0.1, 0.15) is 51.7 Å². The van der Waals surface area contributed by atoms with Crippen LogP contribution in [-0.2, 0) is 21.4 Å². The molecule has 1 aliphatic heterocycles. The smallest absolute Gasteiger partial charge is 0.242 e. The SMILES string of the molecule is CC1Cc2ccccc2N1C(=O)C1(C(=O)Nc2ccccc2C(C)(C)C)CC1. The van der Waals surface area contributed by atoms with E-state index in [4.69, 9.17) is 0 Å². The maximum atomic E-state index is 13.5. The van der Waals surface area contributed by atoms with Crippen molar-refractivity contribution in [3.05, 3.63) is 59.7 Å². The third-order valence-electron chi connectivity index (χ3n) is 6.00. The molecule has 0 aromatic heterocycles.